The smallest absolute Gasteiger partial charge is 0.305 e. The second kappa shape index (κ2) is 3.67. The van der Waals surface area contributed by atoms with Gasteiger partial charge in [0.25, 0.3) is 0 Å². The van der Waals surface area contributed by atoms with Gasteiger partial charge >= 0.3 is 6.47 Å². The highest BCUT2D eigenvalue weighted by molar-refractivity contribution is 8.09. The summed E-state index contributed by atoms with van der Waals surface area (Å²) in [6, 6.07) is 0. The lowest BCUT2D eigenvalue weighted by Gasteiger charge is -1.83. The number of rotatable bonds is 2. The van der Waals surface area contributed by atoms with Crippen molar-refractivity contribution in [2.45, 2.75) is 6.92 Å². The van der Waals surface area contributed by atoms with Gasteiger partial charge in [-0.05, 0) is 0 Å². The van der Waals surface area contributed by atoms with Crippen LogP contribution in [0.4, 0.5) is 0 Å². The Bertz CT molecular complexity index is 80.2. The fraction of sp³-hybridized carbons (Fsp3) is 0.333. The fourth-order valence-corrected chi connectivity index (χ4v) is 0.262. The zero-order valence-electron chi connectivity index (χ0n) is 3.71. The Morgan fingerprint density at radius 3 is 2.57 bits per heavy atom. The molecule has 0 rings (SSSR count). The van der Waals surface area contributed by atoms with Gasteiger partial charge in [0.2, 0.25) is 5.12 Å². The Hall–Kier alpha value is -0.510. The molecule has 0 fully saturated rings. The summed E-state index contributed by atoms with van der Waals surface area (Å²) in [5.41, 5.74) is 0. The van der Waals surface area contributed by atoms with E-state index >= 15 is 0 Å². The maximum Gasteiger partial charge on any atom is 0.305 e. The van der Waals surface area contributed by atoms with E-state index in [1.807, 2.05) is 0 Å². The lowest BCUT2D eigenvalue weighted by Crippen LogP contribution is -1.81. The van der Waals surface area contributed by atoms with Crippen LogP contribution in [0.3, 0.4) is 0 Å². The fourth-order valence-electron chi connectivity index (χ4n) is 0.0874. The van der Waals surface area contributed by atoms with Crippen molar-refractivity contribution in [2.75, 3.05) is 0 Å². The van der Waals surface area contributed by atoms with Gasteiger partial charge in [0.05, 0.1) is 0 Å². The van der Waals surface area contributed by atoms with Gasteiger partial charge in [-0.15, -0.1) is 0 Å². The van der Waals surface area contributed by atoms with Gasteiger partial charge in [0.15, 0.2) is 0 Å². The molecule has 0 aliphatic rings. The van der Waals surface area contributed by atoms with Crippen LogP contribution in [0.2, 0.25) is 0 Å². The average molecular weight is 120 g/mol. The van der Waals surface area contributed by atoms with Gasteiger partial charge < -0.3 is 4.18 Å². The molecular formula is C3H4O3S. The van der Waals surface area contributed by atoms with E-state index < -0.39 is 0 Å². The third-order valence-electron chi connectivity index (χ3n) is 0.205. The maximum absolute atomic E-state index is 9.88. The van der Waals surface area contributed by atoms with Crippen LogP contribution >= 0.6 is 12.0 Å². The van der Waals surface area contributed by atoms with Crippen molar-refractivity contribution < 1.29 is 13.8 Å². The Kier molecular flexibility index (Phi) is 3.40. The molecule has 0 amide bonds. The van der Waals surface area contributed by atoms with Crippen molar-refractivity contribution in [1.29, 1.82) is 0 Å². The number of carbonyl (C=O) groups is 2. The molecule has 3 nitrogen and oxygen atoms in total. The molecule has 0 unspecified atom stereocenters. The van der Waals surface area contributed by atoms with Crippen molar-refractivity contribution >= 4 is 23.6 Å². The van der Waals surface area contributed by atoms with Crippen LogP contribution in [0.25, 0.3) is 0 Å². The predicted molar refractivity (Wildman–Crippen MR) is 25.4 cm³/mol. The molecule has 4 heteroatoms. The van der Waals surface area contributed by atoms with Crippen LogP contribution < -0.4 is 0 Å². The third kappa shape index (κ3) is 5.49. The summed E-state index contributed by atoms with van der Waals surface area (Å²) in [6.45, 7) is 1.53. The van der Waals surface area contributed by atoms with E-state index in [2.05, 4.69) is 4.18 Å². The van der Waals surface area contributed by atoms with Crippen LogP contribution in [0.15, 0.2) is 0 Å². The molecule has 0 aromatic rings. The normalized spacial score (nSPS) is 7.57. The summed E-state index contributed by atoms with van der Waals surface area (Å²) >= 11 is 0.524. The van der Waals surface area contributed by atoms with E-state index in [9.17, 15) is 9.59 Å². The molecule has 0 saturated heterocycles. The van der Waals surface area contributed by atoms with Crippen molar-refractivity contribution in [3.63, 3.8) is 0 Å². The molecule has 0 heterocycles. The van der Waals surface area contributed by atoms with Crippen molar-refractivity contribution in [3.05, 3.63) is 0 Å². The molecule has 7 heavy (non-hydrogen) atoms. The van der Waals surface area contributed by atoms with E-state index in [0.29, 0.717) is 12.0 Å². The van der Waals surface area contributed by atoms with E-state index in [1.54, 1.807) is 0 Å². The SMILES string of the molecule is CC(=O)SOC=O. The minimum absolute atomic E-state index is 0.214. The van der Waals surface area contributed by atoms with Gasteiger partial charge in [0.1, 0.15) is 12.0 Å². The van der Waals surface area contributed by atoms with Gasteiger partial charge in [-0.25, -0.2) is 0 Å². The summed E-state index contributed by atoms with van der Waals surface area (Å²) in [6.07, 6.45) is 0. The first-order valence-electron chi connectivity index (χ1n) is 1.55. The largest absolute Gasteiger partial charge is 0.385 e. The second-order valence-electron chi connectivity index (χ2n) is 0.767. The summed E-state index contributed by atoms with van der Waals surface area (Å²) in [5.74, 6) is 0. The lowest BCUT2D eigenvalue weighted by molar-refractivity contribution is -0.120. The van der Waals surface area contributed by atoms with Gasteiger partial charge in [-0.2, -0.15) is 0 Å². The standard InChI is InChI=1S/C3H4O3S/c1-3(5)7-6-2-4/h2H,1H3. The Morgan fingerprint density at radius 2 is 2.43 bits per heavy atom. The zero-order chi connectivity index (χ0) is 5.70. The average Bonchev–Trinajstić information content (AvgIpc) is 1.61. The first-order chi connectivity index (χ1) is 3.27. The van der Waals surface area contributed by atoms with Crippen LogP contribution in [0, 0.1) is 0 Å². The van der Waals surface area contributed by atoms with Crippen molar-refractivity contribution in [1.82, 2.24) is 0 Å². The summed E-state index contributed by atoms with van der Waals surface area (Å²) in [4.78, 5) is 19.2. The van der Waals surface area contributed by atoms with Crippen LogP contribution in [0.1, 0.15) is 6.92 Å². The molecule has 0 spiro atoms. The maximum atomic E-state index is 9.88. The predicted octanol–water partition coefficient (Wildman–Crippen LogP) is 0.354. The van der Waals surface area contributed by atoms with Crippen molar-refractivity contribution in [3.8, 4) is 0 Å². The number of carbonyl (C=O) groups excluding carboxylic acids is 2. The van der Waals surface area contributed by atoms with Crippen molar-refractivity contribution in [2.24, 2.45) is 0 Å². The van der Waals surface area contributed by atoms with Crippen LogP contribution in [0.5, 0.6) is 0 Å². The zero-order valence-corrected chi connectivity index (χ0v) is 4.53. The topological polar surface area (TPSA) is 43.4 Å². The number of hydrogen-bond donors (Lipinski definition) is 0. The van der Waals surface area contributed by atoms with Gasteiger partial charge in [-0.3, -0.25) is 9.59 Å². The Labute approximate surface area is 45.2 Å². The first-order valence-corrected chi connectivity index (χ1v) is 2.29. The summed E-state index contributed by atoms with van der Waals surface area (Å²) in [5, 5.41) is -0.230. The highest BCUT2D eigenvalue weighted by Crippen LogP contribution is 1.98. The van der Waals surface area contributed by atoms with Crippen LogP contribution in [-0.2, 0) is 13.8 Å². The Balaban J connectivity index is 2.97. The molecule has 0 aliphatic heterocycles. The molecule has 0 saturated carbocycles. The summed E-state index contributed by atoms with van der Waals surface area (Å²) in [7, 11) is 0. The van der Waals surface area contributed by atoms with E-state index in [0.717, 1.165) is 0 Å². The molecule has 0 aliphatic carbocycles. The van der Waals surface area contributed by atoms with Gasteiger partial charge in [-0.1, -0.05) is 0 Å². The quantitative estimate of drug-likeness (QED) is 0.389. The van der Waals surface area contributed by atoms with E-state index in [1.165, 1.54) is 6.92 Å². The molecule has 0 aromatic carbocycles. The van der Waals surface area contributed by atoms with E-state index in [-0.39, 0.29) is 11.6 Å². The minimum Gasteiger partial charge on any atom is -0.385 e. The molecular weight excluding hydrogens is 116 g/mol. The molecule has 0 aromatic heterocycles. The van der Waals surface area contributed by atoms with Crippen LogP contribution in [-0.4, -0.2) is 11.6 Å². The van der Waals surface area contributed by atoms with E-state index in [4.69, 9.17) is 0 Å². The molecule has 0 bridgehead atoms. The Morgan fingerprint density at radius 1 is 1.86 bits per heavy atom. The van der Waals surface area contributed by atoms with Gasteiger partial charge in [0, 0.05) is 6.92 Å². The monoisotopic (exact) mass is 120 g/mol. The molecule has 0 N–H and O–H groups in total. The first kappa shape index (κ1) is 6.49. The number of hydrogen-bond acceptors (Lipinski definition) is 4. The lowest BCUT2D eigenvalue weighted by atomic mass is 10.9. The highest BCUT2D eigenvalue weighted by Gasteiger charge is 1.89. The minimum atomic E-state index is -0.230. The third-order valence-corrected chi connectivity index (χ3v) is 0.614. The molecule has 40 valence electrons. The highest BCUT2D eigenvalue weighted by atomic mass is 32.2. The molecule has 0 radical (unpaired) electrons. The molecule has 0 atom stereocenters. The second-order valence-corrected chi connectivity index (χ2v) is 1.70. The summed E-state index contributed by atoms with van der Waals surface area (Å²) < 4.78 is 3.98.